The zero-order valence-electron chi connectivity index (χ0n) is 16.1. The topological polar surface area (TPSA) is 54.3 Å². The molecule has 144 valence electrons. The van der Waals surface area contributed by atoms with E-state index < -0.39 is 5.97 Å². The maximum absolute atomic E-state index is 12.2. The van der Waals surface area contributed by atoms with Crippen LogP contribution in [0.1, 0.15) is 59.5 Å². The van der Waals surface area contributed by atoms with Crippen molar-refractivity contribution < 1.29 is 9.90 Å². The number of fused-ring (bicyclic) bond motifs is 5. The maximum Gasteiger partial charge on any atom is 0.336 e. The molecule has 1 aliphatic carbocycles. The van der Waals surface area contributed by atoms with Crippen molar-refractivity contribution in [3.63, 3.8) is 0 Å². The first-order chi connectivity index (χ1) is 13.8. The molecule has 1 aromatic heterocycles. The van der Waals surface area contributed by atoms with Crippen LogP contribution in [-0.2, 0) is 13.1 Å². The summed E-state index contributed by atoms with van der Waals surface area (Å²) in [5, 5.41) is 14.8. The van der Waals surface area contributed by atoms with Gasteiger partial charge in [0.05, 0.1) is 11.3 Å². The fourth-order valence-corrected chi connectivity index (χ4v) is 5.26. The van der Waals surface area contributed by atoms with Gasteiger partial charge in [-0.25, -0.2) is 4.79 Å². The van der Waals surface area contributed by atoms with Crippen LogP contribution in [0, 0.1) is 0 Å². The highest BCUT2D eigenvalue weighted by Gasteiger charge is 2.30. The minimum atomic E-state index is -0.844. The minimum Gasteiger partial charge on any atom is -0.478 e. The summed E-state index contributed by atoms with van der Waals surface area (Å²) in [7, 11) is 0. The number of para-hydroxylation sites is 1. The van der Waals surface area contributed by atoms with E-state index in [1.165, 1.54) is 48.6 Å². The van der Waals surface area contributed by atoms with Crippen molar-refractivity contribution in [1.82, 2.24) is 9.88 Å². The number of hydrogen-bond acceptors (Lipinski definition) is 2. The molecule has 28 heavy (non-hydrogen) atoms. The number of carboxylic acids is 1. The third kappa shape index (κ3) is 2.75. The average Bonchev–Trinajstić information content (AvgIpc) is 3.03. The molecule has 5 rings (SSSR count). The normalized spacial score (nSPS) is 17.6. The van der Waals surface area contributed by atoms with E-state index in [-0.39, 0.29) is 0 Å². The molecule has 0 atom stereocenters. The molecule has 4 nitrogen and oxygen atoms in total. The fraction of sp³-hybridized carbons (Fsp3) is 0.375. The van der Waals surface area contributed by atoms with Crippen molar-refractivity contribution in [2.75, 3.05) is 6.54 Å². The van der Waals surface area contributed by atoms with Crippen molar-refractivity contribution in [1.29, 1.82) is 0 Å². The molecule has 0 saturated heterocycles. The summed E-state index contributed by atoms with van der Waals surface area (Å²) in [6.07, 6.45) is 6.23. The smallest absolute Gasteiger partial charge is 0.336 e. The number of aromatic nitrogens is 1. The van der Waals surface area contributed by atoms with Crippen molar-refractivity contribution >= 4 is 16.9 Å². The predicted molar refractivity (Wildman–Crippen MR) is 112 cm³/mol. The number of nitrogens with zero attached hydrogens (tertiary/aromatic N) is 1. The Labute approximate surface area is 165 Å². The standard InChI is InChI=1S/C24H26N2O2/c27-24(28)19-11-6-9-17-15-25-13-14-26-20-12-5-4-10-18(20)21(23(26)22(17)19)16-7-2-1-3-8-16/h4-6,9-12,16,25H,1-3,7-8,13-15H2,(H,27,28). The van der Waals surface area contributed by atoms with E-state index >= 15 is 0 Å². The molecular formula is C24H26N2O2. The van der Waals surface area contributed by atoms with Gasteiger partial charge in [0.2, 0.25) is 0 Å². The lowest BCUT2D eigenvalue weighted by Crippen LogP contribution is -2.24. The van der Waals surface area contributed by atoms with E-state index in [0.29, 0.717) is 18.0 Å². The lowest BCUT2D eigenvalue weighted by Gasteiger charge is -2.26. The molecule has 2 aliphatic rings. The fourth-order valence-electron chi connectivity index (χ4n) is 5.26. The van der Waals surface area contributed by atoms with Crippen LogP contribution in [0.5, 0.6) is 0 Å². The lowest BCUT2D eigenvalue weighted by molar-refractivity contribution is 0.0697. The van der Waals surface area contributed by atoms with Gasteiger partial charge in [-0.3, -0.25) is 0 Å². The third-order valence-corrected chi connectivity index (χ3v) is 6.47. The Morgan fingerprint density at radius 2 is 1.86 bits per heavy atom. The number of rotatable bonds is 2. The quantitative estimate of drug-likeness (QED) is 0.652. The van der Waals surface area contributed by atoms with Gasteiger partial charge in [-0.15, -0.1) is 0 Å². The number of benzene rings is 2. The second kappa shape index (κ2) is 7.10. The van der Waals surface area contributed by atoms with Gasteiger partial charge in [-0.05, 0) is 42.0 Å². The molecule has 1 saturated carbocycles. The van der Waals surface area contributed by atoms with Crippen molar-refractivity contribution in [3.8, 4) is 11.3 Å². The van der Waals surface area contributed by atoms with Gasteiger partial charge >= 0.3 is 5.97 Å². The van der Waals surface area contributed by atoms with Crippen molar-refractivity contribution in [2.24, 2.45) is 0 Å². The van der Waals surface area contributed by atoms with Gasteiger partial charge in [-0.2, -0.15) is 0 Å². The van der Waals surface area contributed by atoms with Crippen LogP contribution in [0.2, 0.25) is 0 Å². The number of aromatic carboxylic acids is 1. The Hall–Kier alpha value is -2.59. The Bertz CT molecular complexity index is 1040. The van der Waals surface area contributed by atoms with Crippen LogP contribution in [0.15, 0.2) is 42.5 Å². The molecule has 0 unspecified atom stereocenters. The number of carboxylic acid groups (broad SMARTS) is 1. The summed E-state index contributed by atoms with van der Waals surface area (Å²) >= 11 is 0. The van der Waals surface area contributed by atoms with Crippen molar-refractivity contribution in [3.05, 3.63) is 59.2 Å². The molecule has 2 N–H and O–H groups in total. The van der Waals surface area contributed by atoms with Gasteiger partial charge in [0.25, 0.3) is 0 Å². The summed E-state index contributed by atoms with van der Waals surface area (Å²) in [6, 6.07) is 14.3. The molecule has 0 bridgehead atoms. The molecule has 4 heteroatoms. The maximum atomic E-state index is 12.2. The molecule has 3 aromatic rings. The first-order valence-electron chi connectivity index (χ1n) is 10.4. The Morgan fingerprint density at radius 1 is 1.04 bits per heavy atom. The van der Waals surface area contributed by atoms with Gasteiger partial charge in [0.15, 0.2) is 0 Å². The van der Waals surface area contributed by atoms with Gasteiger partial charge in [-0.1, -0.05) is 49.6 Å². The van der Waals surface area contributed by atoms with E-state index in [9.17, 15) is 9.90 Å². The zero-order valence-corrected chi connectivity index (χ0v) is 16.1. The molecule has 1 fully saturated rings. The first kappa shape index (κ1) is 17.5. The van der Waals surface area contributed by atoms with E-state index in [0.717, 1.165) is 29.9 Å². The zero-order chi connectivity index (χ0) is 19.1. The van der Waals surface area contributed by atoms with Crippen LogP contribution in [-0.4, -0.2) is 22.2 Å². The highest BCUT2D eigenvalue weighted by Crippen LogP contribution is 2.45. The molecule has 2 heterocycles. The van der Waals surface area contributed by atoms with Crippen LogP contribution in [0.4, 0.5) is 0 Å². The van der Waals surface area contributed by atoms with Gasteiger partial charge in [0, 0.05) is 36.1 Å². The second-order valence-corrected chi connectivity index (χ2v) is 8.09. The van der Waals surface area contributed by atoms with E-state index in [1.807, 2.05) is 6.07 Å². The summed E-state index contributed by atoms with van der Waals surface area (Å²) < 4.78 is 2.37. The second-order valence-electron chi connectivity index (χ2n) is 8.09. The predicted octanol–water partition coefficient (Wildman–Crippen LogP) is 5.16. The Kier molecular flexibility index (Phi) is 4.44. The summed E-state index contributed by atoms with van der Waals surface area (Å²) in [5.41, 5.74) is 6.18. The van der Waals surface area contributed by atoms with Crippen LogP contribution < -0.4 is 5.32 Å². The highest BCUT2D eigenvalue weighted by atomic mass is 16.4. The number of nitrogens with one attached hydrogen (secondary N) is 1. The van der Waals surface area contributed by atoms with Crippen LogP contribution in [0.25, 0.3) is 22.2 Å². The lowest BCUT2D eigenvalue weighted by atomic mass is 9.80. The first-order valence-corrected chi connectivity index (χ1v) is 10.4. The molecule has 0 radical (unpaired) electrons. The van der Waals surface area contributed by atoms with Crippen molar-refractivity contribution in [2.45, 2.75) is 51.1 Å². The highest BCUT2D eigenvalue weighted by molar-refractivity contribution is 6.01. The van der Waals surface area contributed by atoms with Crippen LogP contribution in [0.3, 0.4) is 0 Å². The molecule has 0 amide bonds. The number of carbonyl (C=O) groups is 1. The largest absolute Gasteiger partial charge is 0.478 e. The summed E-state index contributed by atoms with van der Waals surface area (Å²) in [4.78, 5) is 12.2. The Morgan fingerprint density at radius 3 is 2.68 bits per heavy atom. The summed E-state index contributed by atoms with van der Waals surface area (Å²) in [5.74, 6) is -0.333. The number of hydrogen-bond donors (Lipinski definition) is 2. The molecule has 0 spiro atoms. The summed E-state index contributed by atoms with van der Waals surface area (Å²) in [6.45, 7) is 2.45. The molecule has 2 aromatic carbocycles. The molecular weight excluding hydrogens is 348 g/mol. The third-order valence-electron chi connectivity index (χ3n) is 6.47. The average molecular weight is 374 g/mol. The minimum absolute atomic E-state index is 0.419. The van der Waals surface area contributed by atoms with E-state index in [4.69, 9.17) is 0 Å². The van der Waals surface area contributed by atoms with Gasteiger partial charge in [0.1, 0.15) is 0 Å². The van der Waals surface area contributed by atoms with Gasteiger partial charge < -0.3 is 15.0 Å². The van der Waals surface area contributed by atoms with Crippen LogP contribution >= 0.6 is 0 Å². The SMILES string of the molecule is O=C(O)c1cccc2c1-c1c(C3CCCCC3)c3ccccc3n1CCNC2. The van der Waals surface area contributed by atoms with E-state index in [2.05, 4.69) is 40.2 Å². The monoisotopic (exact) mass is 374 g/mol. The molecule has 1 aliphatic heterocycles. The van der Waals surface area contributed by atoms with E-state index in [1.54, 1.807) is 6.07 Å². The Balaban J connectivity index is 1.89.